The van der Waals surface area contributed by atoms with E-state index in [1.54, 1.807) is 62.4 Å². The molecule has 3 aliphatic rings. The van der Waals surface area contributed by atoms with Gasteiger partial charge in [-0.25, -0.2) is 14.8 Å². The number of carbonyl (C=O) groups excluding carboxylic acids is 11. The highest BCUT2D eigenvalue weighted by Gasteiger charge is 2.41. The van der Waals surface area contributed by atoms with Crippen LogP contribution in [-0.4, -0.2) is 238 Å². The SMILES string of the molecule is CC(C)[C@H]1COC[C@@H](NC(=O)c2nc3ccccc3cc2O)C(=O)N2CCCC[C@H]2C(=O)NCC(=O)N(C)CC(=O)N(C)[C@@H](C(C)C)C(=O)OC[C@@H](NC(=O)c2nc3ccccc3cc2O)C(=O)N2CCCC[C@H]2C(=O)NCC(=O)N(C)CC(=O)N1C. The van der Waals surface area contributed by atoms with Gasteiger partial charge in [-0.1, -0.05) is 64.1 Å². The molecule has 0 radical (unpaired) electrons. The van der Waals surface area contributed by atoms with Crippen LogP contribution in [0.5, 0.6) is 11.5 Å². The highest BCUT2D eigenvalue weighted by molar-refractivity contribution is 6.03. The van der Waals surface area contributed by atoms with Gasteiger partial charge in [-0.2, -0.15) is 0 Å². The Balaban J connectivity index is 1.16. The Morgan fingerprint density at radius 1 is 0.575 bits per heavy atom. The number of nitrogens with one attached hydrogen (secondary N) is 4. The summed E-state index contributed by atoms with van der Waals surface area (Å²) in [6, 6.07) is 8.60. The number of para-hydroxylation sites is 2. The largest absolute Gasteiger partial charge is 0.505 e. The molecule has 6 N–H and O–H groups in total. The number of nitrogens with zero attached hydrogens (tertiary/aromatic N) is 8. The van der Waals surface area contributed by atoms with Gasteiger partial charge >= 0.3 is 5.97 Å². The van der Waals surface area contributed by atoms with E-state index in [0.29, 0.717) is 47.5 Å². The number of hydrogen-bond acceptors (Lipinski definition) is 17. The molecular formula is C60H78N12O15. The molecule has 4 aromatic rings. The third-order valence-corrected chi connectivity index (χ3v) is 16.0. The van der Waals surface area contributed by atoms with Crippen LogP contribution in [0.25, 0.3) is 21.8 Å². The van der Waals surface area contributed by atoms with Gasteiger partial charge in [0.25, 0.3) is 11.8 Å². The maximum absolute atomic E-state index is 14.8. The molecule has 0 unspecified atom stereocenters. The van der Waals surface area contributed by atoms with E-state index in [2.05, 4.69) is 31.2 Å². The number of benzene rings is 2. The van der Waals surface area contributed by atoms with Gasteiger partial charge < -0.3 is 70.4 Å². The molecule has 0 saturated carbocycles. The van der Waals surface area contributed by atoms with Crippen molar-refractivity contribution in [2.45, 2.75) is 102 Å². The standard InChI is InChI=1S/C60H78N12O15/c1-34(2)44-33-86-31-40(65-56(81)51-45(73)25-36-17-9-11-19-38(36)63-51)58(83)71-23-15-13-21-42(71)54(79)62-28-48(76)68(6)30-50(78)70(8)53(35(3)4)60(85)87-32-41(66-57(82)52-46(74)26-37-18-10-12-20-39(37)64-52)59(84)72-24-16-14-22-43(72)55(80)61-27-47(75)67(5)29-49(77)69(44)7/h9-12,17-20,25-26,34-35,40-44,53,73-74H,13-16,21-24,27-33H2,1-8H3,(H,61,80)(H,62,79)(H,65,81)(H,66,82)/t40-,41-,42+,43+,44-,53+/m1/s1. The fourth-order valence-corrected chi connectivity index (χ4v) is 10.8. The normalized spacial score (nSPS) is 23.2. The van der Waals surface area contributed by atoms with E-state index in [0.717, 1.165) is 14.7 Å². The molecule has 3 saturated heterocycles. The number of aromatic hydroxyl groups is 2. The molecule has 7 rings (SSSR count). The molecule has 10 amide bonds. The van der Waals surface area contributed by atoms with Crippen molar-refractivity contribution < 1.29 is 72.4 Å². The quantitative estimate of drug-likeness (QED) is 0.144. The molecule has 0 bridgehead atoms. The zero-order valence-electron chi connectivity index (χ0n) is 50.3. The summed E-state index contributed by atoms with van der Waals surface area (Å²) >= 11 is 0. The molecule has 87 heavy (non-hydrogen) atoms. The third-order valence-electron chi connectivity index (χ3n) is 16.0. The number of pyridine rings is 2. The summed E-state index contributed by atoms with van der Waals surface area (Å²) in [7, 11) is 5.49. The first-order valence-corrected chi connectivity index (χ1v) is 29.1. The number of aromatic nitrogens is 2. The Morgan fingerprint density at radius 2 is 1.01 bits per heavy atom. The van der Waals surface area contributed by atoms with Gasteiger partial charge in [-0.05, 0) is 74.6 Å². The van der Waals surface area contributed by atoms with Crippen molar-refractivity contribution in [3.8, 4) is 11.5 Å². The van der Waals surface area contributed by atoms with E-state index in [-0.39, 0.29) is 44.1 Å². The first kappa shape index (κ1) is 65.5. The maximum Gasteiger partial charge on any atom is 0.329 e. The highest BCUT2D eigenvalue weighted by Crippen LogP contribution is 2.26. The Labute approximate surface area is 503 Å². The number of amides is 10. The van der Waals surface area contributed by atoms with Crippen LogP contribution in [0.3, 0.4) is 0 Å². The Morgan fingerprint density at radius 3 is 1.46 bits per heavy atom. The van der Waals surface area contributed by atoms with Crippen LogP contribution in [0.15, 0.2) is 60.7 Å². The minimum absolute atomic E-state index is 0.00584. The van der Waals surface area contributed by atoms with Crippen LogP contribution in [-0.2, 0) is 52.6 Å². The Bertz CT molecular complexity index is 3270. The Kier molecular flexibility index (Phi) is 22.1. The van der Waals surface area contributed by atoms with E-state index in [4.69, 9.17) is 9.47 Å². The second-order valence-corrected chi connectivity index (χ2v) is 22.8. The van der Waals surface area contributed by atoms with Gasteiger partial charge in [0.1, 0.15) is 48.3 Å². The zero-order chi connectivity index (χ0) is 63.4. The van der Waals surface area contributed by atoms with Crippen LogP contribution in [0.2, 0.25) is 0 Å². The summed E-state index contributed by atoms with van der Waals surface area (Å²) in [6.07, 6.45) is 2.21. The minimum atomic E-state index is -1.70. The number of ether oxygens (including phenoxy) is 2. The molecule has 468 valence electrons. The number of fused-ring (bicyclic) bond motifs is 4. The van der Waals surface area contributed by atoms with E-state index in [1.807, 2.05) is 13.8 Å². The second kappa shape index (κ2) is 29.4. The number of piperidine rings is 2. The molecule has 27 nitrogen and oxygen atoms in total. The zero-order valence-corrected chi connectivity index (χ0v) is 50.3. The molecule has 6 atom stereocenters. The van der Waals surface area contributed by atoms with Crippen molar-refractivity contribution >= 4 is 86.8 Å². The van der Waals surface area contributed by atoms with E-state index in [1.165, 1.54) is 55.0 Å². The van der Waals surface area contributed by atoms with Crippen LogP contribution >= 0.6 is 0 Å². The first-order valence-electron chi connectivity index (χ1n) is 29.1. The van der Waals surface area contributed by atoms with Crippen molar-refractivity contribution in [2.75, 3.05) is 87.3 Å². The van der Waals surface area contributed by atoms with Gasteiger partial charge in [0, 0.05) is 52.1 Å². The predicted octanol–water partition coefficient (Wildman–Crippen LogP) is 0.542. The lowest BCUT2D eigenvalue weighted by Crippen LogP contribution is -2.59. The monoisotopic (exact) mass is 1210 g/mol. The average Bonchev–Trinajstić information content (AvgIpc) is 2.25. The molecule has 3 fully saturated rings. The maximum atomic E-state index is 14.8. The van der Waals surface area contributed by atoms with Crippen LogP contribution in [0.1, 0.15) is 87.2 Å². The average molecular weight is 1210 g/mol. The lowest BCUT2D eigenvalue weighted by atomic mass is 10.00. The van der Waals surface area contributed by atoms with Gasteiger partial charge in [0.2, 0.25) is 47.3 Å². The minimum Gasteiger partial charge on any atom is -0.505 e. The summed E-state index contributed by atoms with van der Waals surface area (Å²) in [5, 5.41) is 33.3. The fourth-order valence-electron chi connectivity index (χ4n) is 10.8. The smallest absolute Gasteiger partial charge is 0.329 e. The van der Waals surface area contributed by atoms with Gasteiger partial charge in [0.05, 0.1) is 56.5 Å². The van der Waals surface area contributed by atoms with E-state index in [9.17, 15) is 63.0 Å². The molecular weight excluding hydrogens is 1130 g/mol. The first-order chi connectivity index (χ1) is 41.4. The number of esters is 1. The molecule has 3 aliphatic heterocycles. The topological polar surface area (TPSA) is 340 Å². The summed E-state index contributed by atoms with van der Waals surface area (Å²) < 4.78 is 11.9. The number of likely N-dealkylation sites (N-methyl/N-ethyl adjacent to an activating group) is 4. The van der Waals surface area contributed by atoms with Crippen LogP contribution in [0.4, 0.5) is 0 Å². The molecule has 0 aliphatic carbocycles. The van der Waals surface area contributed by atoms with Crippen molar-refractivity contribution in [1.29, 1.82) is 0 Å². The number of cyclic esters (lactones) is 1. The van der Waals surface area contributed by atoms with Crippen molar-refractivity contribution in [3.05, 3.63) is 72.1 Å². The van der Waals surface area contributed by atoms with Crippen LogP contribution in [0, 0.1) is 11.8 Å². The summed E-state index contributed by atoms with van der Waals surface area (Å²) in [5.41, 5.74) is -0.109. The number of rotatable bonds is 6. The van der Waals surface area contributed by atoms with E-state index >= 15 is 0 Å². The number of carbonyl (C=O) groups is 11. The van der Waals surface area contributed by atoms with Gasteiger partial charge in [-0.3, -0.25) is 47.9 Å². The molecule has 5 heterocycles. The lowest BCUT2D eigenvalue weighted by molar-refractivity contribution is -0.159. The molecule has 0 spiro atoms. The highest BCUT2D eigenvalue weighted by atomic mass is 16.5. The molecule has 2 aromatic carbocycles. The third kappa shape index (κ3) is 16.1. The van der Waals surface area contributed by atoms with Crippen molar-refractivity contribution in [3.63, 3.8) is 0 Å². The van der Waals surface area contributed by atoms with Gasteiger partial charge in [-0.15, -0.1) is 0 Å². The van der Waals surface area contributed by atoms with E-state index < -0.39 is 164 Å². The second-order valence-electron chi connectivity index (χ2n) is 22.8. The lowest BCUT2D eigenvalue weighted by Gasteiger charge is -2.37. The predicted molar refractivity (Wildman–Crippen MR) is 314 cm³/mol. The summed E-state index contributed by atoms with van der Waals surface area (Å²) in [6.45, 7) is 3.23. The molecule has 27 heteroatoms. The number of hydrogen-bond donors (Lipinski definition) is 6. The van der Waals surface area contributed by atoms with Crippen LogP contribution < -0.4 is 21.3 Å². The van der Waals surface area contributed by atoms with Crippen molar-refractivity contribution in [2.24, 2.45) is 11.8 Å². The van der Waals surface area contributed by atoms with Gasteiger partial charge in [0.15, 0.2) is 11.4 Å². The Hall–Kier alpha value is -9.01. The summed E-state index contributed by atoms with van der Waals surface area (Å²) in [4.78, 5) is 171. The van der Waals surface area contributed by atoms with Crippen molar-refractivity contribution in [1.82, 2.24) is 60.6 Å². The molecule has 2 aromatic heterocycles. The summed E-state index contributed by atoms with van der Waals surface area (Å²) in [5.74, 6) is -10.5. The fraction of sp³-hybridized carbons (Fsp3) is 0.517.